The first-order chi connectivity index (χ1) is 10.2. The van der Waals surface area contributed by atoms with Crippen molar-refractivity contribution in [3.8, 4) is 0 Å². The van der Waals surface area contributed by atoms with E-state index in [2.05, 4.69) is 54.4 Å². The molecule has 2 nitrogen and oxygen atoms in total. The SMILES string of the molecule is CCNCC(C)(CN1CC2CCCC2C1)c1ccccc1. The Bertz CT molecular complexity index is 432. The second-order valence-electron chi connectivity index (χ2n) is 7.35. The third-order valence-corrected chi connectivity index (χ3v) is 5.61. The highest BCUT2D eigenvalue weighted by Gasteiger charge is 2.39. The van der Waals surface area contributed by atoms with Crippen molar-refractivity contribution < 1.29 is 0 Å². The van der Waals surface area contributed by atoms with Gasteiger partial charge in [-0.15, -0.1) is 0 Å². The molecule has 2 heteroatoms. The van der Waals surface area contributed by atoms with Gasteiger partial charge in [0.1, 0.15) is 0 Å². The summed E-state index contributed by atoms with van der Waals surface area (Å²) < 4.78 is 0. The van der Waals surface area contributed by atoms with Gasteiger partial charge in [-0.3, -0.25) is 0 Å². The molecule has 1 aromatic carbocycles. The van der Waals surface area contributed by atoms with Crippen molar-refractivity contribution >= 4 is 0 Å². The molecule has 0 bridgehead atoms. The zero-order valence-corrected chi connectivity index (χ0v) is 13.6. The summed E-state index contributed by atoms with van der Waals surface area (Å²) in [6, 6.07) is 11.1. The van der Waals surface area contributed by atoms with Crippen molar-refractivity contribution in [1.82, 2.24) is 10.2 Å². The fourth-order valence-corrected chi connectivity index (χ4v) is 4.45. The van der Waals surface area contributed by atoms with Crippen LogP contribution >= 0.6 is 0 Å². The number of benzene rings is 1. The minimum Gasteiger partial charge on any atom is -0.316 e. The lowest BCUT2D eigenvalue weighted by Crippen LogP contribution is -2.45. The van der Waals surface area contributed by atoms with Gasteiger partial charge in [0.15, 0.2) is 0 Å². The molecule has 2 aliphatic rings. The number of hydrogen-bond donors (Lipinski definition) is 1. The summed E-state index contributed by atoms with van der Waals surface area (Å²) in [5, 5.41) is 3.59. The Morgan fingerprint density at radius 1 is 1.14 bits per heavy atom. The first-order valence-corrected chi connectivity index (χ1v) is 8.70. The van der Waals surface area contributed by atoms with Crippen LogP contribution in [0.15, 0.2) is 30.3 Å². The van der Waals surface area contributed by atoms with Gasteiger partial charge in [0.05, 0.1) is 0 Å². The number of likely N-dealkylation sites (N-methyl/N-ethyl adjacent to an activating group) is 1. The van der Waals surface area contributed by atoms with E-state index in [1.807, 2.05) is 0 Å². The molecule has 0 aromatic heterocycles. The van der Waals surface area contributed by atoms with Crippen LogP contribution < -0.4 is 5.32 Å². The number of hydrogen-bond acceptors (Lipinski definition) is 2. The average Bonchev–Trinajstić information content (AvgIpc) is 3.07. The molecule has 1 saturated carbocycles. The largest absolute Gasteiger partial charge is 0.316 e. The van der Waals surface area contributed by atoms with Crippen LogP contribution in [-0.2, 0) is 5.41 Å². The number of rotatable bonds is 6. The molecule has 2 fully saturated rings. The second-order valence-corrected chi connectivity index (χ2v) is 7.35. The van der Waals surface area contributed by atoms with E-state index in [9.17, 15) is 0 Å². The van der Waals surface area contributed by atoms with Crippen LogP contribution in [0.2, 0.25) is 0 Å². The molecule has 21 heavy (non-hydrogen) atoms. The van der Waals surface area contributed by atoms with E-state index in [1.54, 1.807) is 0 Å². The second kappa shape index (κ2) is 6.50. The molecule has 1 N–H and O–H groups in total. The molecule has 0 amide bonds. The highest BCUT2D eigenvalue weighted by atomic mass is 15.2. The number of nitrogens with zero attached hydrogens (tertiary/aromatic N) is 1. The molecule has 3 atom stereocenters. The van der Waals surface area contributed by atoms with Crippen molar-refractivity contribution in [3.05, 3.63) is 35.9 Å². The van der Waals surface area contributed by atoms with E-state index in [0.29, 0.717) is 0 Å². The minimum atomic E-state index is 0.218. The van der Waals surface area contributed by atoms with E-state index in [-0.39, 0.29) is 5.41 Å². The van der Waals surface area contributed by atoms with Gasteiger partial charge in [-0.05, 0) is 36.8 Å². The van der Waals surface area contributed by atoms with Crippen LogP contribution in [-0.4, -0.2) is 37.6 Å². The van der Waals surface area contributed by atoms with E-state index in [4.69, 9.17) is 0 Å². The van der Waals surface area contributed by atoms with Crippen molar-refractivity contribution in [3.63, 3.8) is 0 Å². The summed E-state index contributed by atoms with van der Waals surface area (Å²) >= 11 is 0. The molecule has 3 unspecified atom stereocenters. The van der Waals surface area contributed by atoms with Crippen LogP contribution in [0.4, 0.5) is 0 Å². The van der Waals surface area contributed by atoms with Crippen LogP contribution in [0.5, 0.6) is 0 Å². The Morgan fingerprint density at radius 3 is 2.43 bits per heavy atom. The first kappa shape index (κ1) is 15.1. The van der Waals surface area contributed by atoms with E-state index < -0.39 is 0 Å². The third-order valence-electron chi connectivity index (χ3n) is 5.61. The standard InChI is InChI=1S/C19H30N2/c1-3-20-14-19(2,18-10-5-4-6-11-18)15-21-12-16-8-7-9-17(16)13-21/h4-6,10-11,16-17,20H,3,7-9,12-15H2,1-2H3. The molecule has 1 saturated heterocycles. The molecular formula is C19H30N2. The van der Waals surface area contributed by atoms with Gasteiger partial charge in [0, 0.05) is 31.6 Å². The Labute approximate surface area is 129 Å². The lowest BCUT2D eigenvalue weighted by molar-refractivity contribution is 0.236. The van der Waals surface area contributed by atoms with E-state index >= 15 is 0 Å². The lowest BCUT2D eigenvalue weighted by Gasteiger charge is -2.35. The maximum Gasteiger partial charge on any atom is 0.0177 e. The molecule has 0 radical (unpaired) electrons. The van der Waals surface area contributed by atoms with Gasteiger partial charge in [-0.1, -0.05) is 50.6 Å². The highest BCUT2D eigenvalue weighted by molar-refractivity contribution is 5.26. The molecule has 1 heterocycles. The van der Waals surface area contributed by atoms with Gasteiger partial charge in [0.25, 0.3) is 0 Å². The Morgan fingerprint density at radius 2 is 1.81 bits per heavy atom. The van der Waals surface area contributed by atoms with Crippen LogP contribution in [0, 0.1) is 11.8 Å². The number of fused-ring (bicyclic) bond motifs is 1. The average molecular weight is 286 g/mol. The van der Waals surface area contributed by atoms with Gasteiger partial charge < -0.3 is 10.2 Å². The van der Waals surface area contributed by atoms with Crippen molar-refractivity contribution in [2.75, 3.05) is 32.7 Å². The quantitative estimate of drug-likeness (QED) is 0.863. The number of likely N-dealkylation sites (tertiary alicyclic amines) is 1. The monoisotopic (exact) mass is 286 g/mol. The van der Waals surface area contributed by atoms with Crippen LogP contribution in [0.3, 0.4) is 0 Å². The maximum absolute atomic E-state index is 3.59. The summed E-state index contributed by atoms with van der Waals surface area (Å²) in [5.74, 6) is 1.98. The first-order valence-electron chi connectivity index (χ1n) is 8.70. The van der Waals surface area contributed by atoms with Gasteiger partial charge in [-0.25, -0.2) is 0 Å². The highest BCUT2D eigenvalue weighted by Crippen LogP contribution is 2.39. The maximum atomic E-state index is 3.59. The predicted octanol–water partition coefficient (Wildman–Crippen LogP) is 3.29. The van der Waals surface area contributed by atoms with Crippen molar-refractivity contribution in [1.29, 1.82) is 0 Å². The fourth-order valence-electron chi connectivity index (χ4n) is 4.45. The van der Waals surface area contributed by atoms with Crippen molar-refractivity contribution in [2.24, 2.45) is 11.8 Å². The molecular weight excluding hydrogens is 256 g/mol. The topological polar surface area (TPSA) is 15.3 Å². The normalized spacial score (nSPS) is 28.5. The molecule has 1 aliphatic heterocycles. The fraction of sp³-hybridized carbons (Fsp3) is 0.684. The van der Waals surface area contributed by atoms with E-state index in [1.165, 1.54) is 44.5 Å². The van der Waals surface area contributed by atoms with E-state index in [0.717, 1.165) is 24.9 Å². The number of nitrogens with one attached hydrogen (secondary N) is 1. The predicted molar refractivity (Wildman–Crippen MR) is 89.6 cm³/mol. The summed E-state index contributed by atoms with van der Waals surface area (Å²) in [6.45, 7) is 10.6. The third kappa shape index (κ3) is 3.32. The molecule has 116 valence electrons. The Hall–Kier alpha value is -0.860. The molecule has 0 spiro atoms. The summed E-state index contributed by atoms with van der Waals surface area (Å²) in [7, 11) is 0. The zero-order chi connectivity index (χ0) is 14.7. The van der Waals surface area contributed by atoms with Crippen molar-refractivity contribution in [2.45, 2.75) is 38.5 Å². The summed E-state index contributed by atoms with van der Waals surface area (Å²) in [6.07, 6.45) is 4.41. The van der Waals surface area contributed by atoms with Gasteiger partial charge >= 0.3 is 0 Å². The smallest absolute Gasteiger partial charge is 0.0177 e. The molecule has 1 aromatic rings. The van der Waals surface area contributed by atoms with Gasteiger partial charge in [-0.2, -0.15) is 0 Å². The van der Waals surface area contributed by atoms with Crippen LogP contribution in [0.25, 0.3) is 0 Å². The Balaban J connectivity index is 1.71. The zero-order valence-electron chi connectivity index (χ0n) is 13.6. The minimum absolute atomic E-state index is 0.218. The Kier molecular flexibility index (Phi) is 4.66. The summed E-state index contributed by atoms with van der Waals surface area (Å²) in [4.78, 5) is 2.73. The molecule has 1 aliphatic carbocycles. The van der Waals surface area contributed by atoms with Gasteiger partial charge in [0.2, 0.25) is 0 Å². The molecule has 3 rings (SSSR count). The summed E-state index contributed by atoms with van der Waals surface area (Å²) in [5.41, 5.74) is 1.69. The van der Waals surface area contributed by atoms with Crippen LogP contribution in [0.1, 0.15) is 38.7 Å². The lowest BCUT2D eigenvalue weighted by atomic mass is 9.81.